The number of alkyl carbamates (subject to hydrolysis) is 1. The van der Waals surface area contributed by atoms with Gasteiger partial charge in [0.25, 0.3) is 0 Å². The molecule has 0 aromatic heterocycles. The standard InChI is InChI=1S/C23H28FNO4/c1-23(2,3)29-22(27)25-20(15-18-11-9-17(10-12-18)13-14-24)21(26)28-16-19-7-5-4-6-8-19/h4-12,20H,13-16H2,1-3H3,(H,25,27)/i24-1. The van der Waals surface area contributed by atoms with Gasteiger partial charge in [-0.3, -0.25) is 4.39 Å². The quantitative estimate of drug-likeness (QED) is 0.668. The Morgan fingerprint density at radius 3 is 2.17 bits per heavy atom. The predicted molar refractivity (Wildman–Crippen MR) is 109 cm³/mol. The topological polar surface area (TPSA) is 64.6 Å². The van der Waals surface area contributed by atoms with E-state index in [9.17, 15) is 14.0 Å². The highest BCUT2D eigenvalue weighted by molar-refractivity contribution is 5.81. The molecule has 0 bridgehead atoms. The summed E-state index contributed by atoms with van der Waals surface area (Å²) in [5, 5.41) is 2.60. The van der Waals surface area contributed by atoms with Gasteiger partial charge >= 0.3 is 12.1 Å². The van der Waals surface area contributed by atoms with Crippen molar-refractivity contribution in [2.45, 2.75) is 51.9 Å². The molecule has 1 N–H and O–H groups in total. The van der Waals surface area contributed by atoms with Crippen molar-refractivity contribution in [1.82, 2.24) is 5.32 Å². The van der Waals surface area contributed by atoms with Crippen LogP contribution in [0.2, 0.25) is 0 Å². The fraction of sp³-hybridized carbons (Fsp3) is 0.391. The van der Waals surface area contributed by atoms with Gasteiger partial charge in [-0.2, -0.15) is 0 Å². The van der Waals surface area contributed by atoms with E-state index in [1.807, 2.05) is 54.6 Å². The number of ether oxygens (including phenoxy) is 2. The van der Waals surface area contributed by atoms with E-state index >= 15 is 0 Å². The summed E-state index contributed by atoms with van der Waals surface area (Å²) in [4.78, 5) is 24.8. The number of nitrogens with one attached hydrogen (secondary N) is 1. The molecule has 1 atom stereocenters. The fourth-order valence-electron chi connectivity index (χ4n) is 2.66. The van der Waals surface area contributed by atoms with Crippen LogP contribution in [0.5, 0.6) is 0 Å². The van der Waals surface area contributed by atoms with Crippen LogP contribution in [-0.4, -0.2) is 30.4 Å². The Bertz CT molecular complexity index is 785. The smallest absolute Gasteiger partial charge is 0.408 e. The van der Waals surface area contributed by atoms with Crippen LogP contribution in [0, 0.1) is 0 Å². The van der Waals surface area contributed by atoms with E-state index in [0.717, 1.165) is 16.7 Å². The summed E-state index contributed by atoms with van der Waals surface area (Å²) in [6.45, 7) is 4.94. The summed E-state index contributed by atoms with van der Waals surface area (Å²) >= 11 is 0. The van der Waals surface area contributed by atoms with Gasteiger partial charge in [-0.1, -0.05) is 54.6 Å². The molecule has 0 radical (unpaired) electrons. The average molecular weight is 400 g/mol. The second-order valence-corrected chi connectivity index (χ2v) is 7.75. The first-order chi connectivity index (χ1) is 13.8. The molecule has 0 saturated carbocycles. The molecule has 1 unspecified atom stereocenters. The second-order valence-electron chi connectivity index (χ2n) is 7.75. The monoisotopic (exact) mass is 400 g/mol. The Balaban J connectivity index is 2.06. The van der Waals surface area contributed by atoms with Crippen LogP contribution in [0.25, 0.3) is 0 Å². The van der Waals surface area contributed by atoms with Crippen molar-refractivity contribution in [2.75, 3.05) is 6.67 Å². The lowest BCUT2D eigenvalue weighted by molar-refractivity contribution is -0.147. The Morgan fingerprint density at radius 2 is 1.59 bits per heavy atom. The zero-order valence-corrected chi connectivity index (χ0v) is 17.1. The van der Waals surface area contributed by atoms with Crippen LogP contribution in [0.15, 0.2) is 54.6 Å². The molecule has 2 aromatic rings. The molecule has 5 nitrogen and oxygen atoms in total. The third-order valence-corrected chi connectivity index (χ3v) is 4.05. The van der Waals surface area contributed by atoms with E-state index < -0.39 is 30.4 Å². The molecule has 0 aliphatic heterocycles. The number of hydrogen-bond acceptors (Lipinski definition) is 4. The van der Waals surface area contributed by atoms with E-state index in [1.54, 1.807) is 20.8 Å². The van der Waals surface area contributed by atoms with E-state index in [-0.39, 0.29) is 13.0 Å². The van der Waals surface area contributed by atoms with Crippen LogP contribution >= 0.6 is 0 Å². The number of rotatable bonds is 8. The fourth-order valence-corrected chi connectivity index (χ4v) is 2.66. The van der Waals surface area contributed by atoms with Gasteiger partial charge in [0, 0.05) is 12.8 Å². The number of carbonyl (C=O) groups is 2. The number of alkyl halides is 1. The number of esters is 1. The molecule has 0 aliphatic rings. The summed E-state index contributed by atoms with van der Waals surface area (Å²) < 4.78 is 23.1. The molecule has 29 heavy (non-hydrogen) atoms. The Kier molecular flexibility index (Phi) is 8.19. The first-order valence-corrected chi connectivity index (χ1v) is 9.60. The summed E-state index contributed by atoms with van der Waals surface area (Å²) in [6.07, 6.45) is -0.102. The van der Waals surface area contributed by atoms with Gasteiger partial charge in [-0.25, -0.2) is 9.59 Å². The molecule has 1 amide bonds. The first kappa shape index (κ1) is 22.4. The number of halogens is 1. The maximum absolute atomic E-state index is 12.6. The van der Waals surface area contributed by atoms with Crippen molar-refractivity contribution in [3.63, 3.8) is 0 Å². The van der Waals surface area contributed by atoms with E-state index in [1.165, 1.54) is 0 Å². The number of amides is 1. The number of carbonyl (C=O) groups excluding carboxylic acids is 2. The lowest BCUT2D eigenvalue weighted by Crippen LogP contribution is -2.45. The highest BCUT2D eigenvalue weighted by Crippen LogP contribution is 2.12. The van der Waals surface area contributed by atoms with Gasteiger partial charge in [0.05, 0.1) is 6.67 Å². The van der Waals surface area contributed by atoms with Crippen LogP contribution in [0.1, 0.15) is 37.5 Å². The Morgan fingerprint density at radius 1 is 0.966 bits per heavy atom. The van der Waals surface area contributed by atoms with E-state index in [2.05, 4.69) is 5.32 Å². The van der Waals surface area contributed by atoms with Crippen LogP contribution < -0.4 is 5.32 Å². The minimum atomic E-state index is -0.902. The lowest BCUT2D eigenvalue weighted by atomic mass is 10.0. The molecule has 0 saturated heterocycles. The van der Waals surface area contributed by atoms with Crippen molar-refractivity contribution < 1.29 is 23.5 Å². The Hall–Kier alpha value is -2.89. The zero-order valence-electron chi connectivity index (χ0n) is 17.1. The third-order valence-electron chi connectivity index (χ3n) is 4.05. The van der Waals surface area contributed by atoms with Gasteiger partial charge in [0.2, 0.25) is 0 Å². The summed E-state index contributed by atoms with van der Waals surface area (Å²) in [5.74, 6) is -0.549. The summed E-state index contributed by atoms with van der Waals surface area (Å²) in [6, 6.07) is 15.7. The van der Waals surface area contributed by atoms with Crippen LogP contribution in [0.4, 0.5) is 9.18 Å². The molecule has 0 aliphatic carbocycles. The zero-order chi connectivity index (χ0) is 21.3. The highest BCUT2D eigenvalue weighted by atomic mass is 18.2. The molecule has 0 fully saturated rings. The molecule has 6 heteroatoms. The van der Waals surface area contributed by atoms with Crippen molar-refractivity contribution >= 4 is 12.1 Å². The lowest BCUT2D eigenvalue weighted by Gasteiger charge is -2.23. The molecule has 0 spiro atoms. The normalized spacial score (nSPS) is 12.1. The van der Waals surface area contributed by atoms with Gasteiger partial charge < -0.3 is 14.8 Å². The van der Waals surface area contributed by atoms with Gasteiger partial charge in [-0.05, 0) is 37.5 Å². The number of hydrogen-bond donors (Lipinski definition) is 1. The SMILES string of the molecule is CC(C)(C)OC(=O)NC(Cc1ccc(CC[18F])cc1)C(=O)OCc1ccccc1. The summed E-state index contributed by atoms with van der Waals surface area (Å²) in [5.41, 5.74) is 1.87. The molecular weight excluding hydrogens is 372 g/mol. The number of benzene rings is 2. The third kappa shape index (κ3) is 8.34. The maximum Gasteiger partial charge on any atom is 0.408 e. The summed E-state index contributed by atoms with van der Waals surface area (Å²) in [7, 11) is 0. The van der Waals surface area contributed by atoms with Gasteiger partial charge in [-0.15, -0.1) is 0 Å². The van der Waals surface area contributed by atoms with Crippen LogP contribution in [-0.2, 0) is 33.7 Å². The maximum atomic E-state index is 12.6. The minimum Gasteiger partial charge on any atom is -0.459 e. The van der Waals surface area contributed by atoms with Gasteiger partial charge in [0.1, 0.15) is 18.2 Å². The van der Waals surface area contributed by atoms with Crippen LogP contribution in [0.3, 0.4) is 0 Å². The van der Waals surface area contributed by atoms with E-state index in [0.29, 0.717) is 6.42 Å². The first-order valence-electron chi connectivity index (χ1n) is 9.60. The van der Waals surface area contributed by atoms with Crippen molar-refractivity contribution in [3.05, 3.63) is 71.3 Å². The van der Waals surface area contributed by atoms with Crippen molar-refractivity contribution in [1.29, 1.82) is 0 Å². The second kappa shape index (κ2) is 10.6. The van der Waals surface area contributed by atoms with E-state index in [4.69, 9.17) is 9.47 Å². The molecule has 2 rings (SSSR count). The Labute approximate surface area is 171 Å². The largest absolute Gasteiger partial charge is 0.459 e. The molecule has 0 heterocycles. The average Bonchev–Trinajstić information content (AvgIpc) is 2.66. The molecule has 2 aromatic carbocycles. The van der Waals surface area contributed by atoms with Crippen molar-refractivity contribution in [3.8, 4) is 0 Å². The molecule has 156 valence electrons. The minimum absolute atomic E-state index is 0.113. The predicted octanol–water partition coefficient (Wildman–Crippen LogP) is 4.38. The highest BCUT2D eigenvalue weighted by Gasteiger charge is 2.26. The number of aryl methyl sites for hydroxylation is 1. The molecular formula is C23H28FNO4. The van der Waals surface area contributed by atoms with Gasteiger partial charge in [0.15, 0.2) is 0 Å². The van der Waals surface area contributed by atoms with Crippen molar-refractivity contribution in [2.24, 2.45) is 0 Å².